The van der Waals surface area contributed by atoms with Crippen molar-refractivity contribution in [2.75, 3.05) is 24.9 Å². The molecule has 0 spiro atoms. The van der Waals surface area contributed by atoms with Gasteiger partial charge in [-0.1, -0.05) is 13.0 Å². The lowest BCUT2D eigenvalue weighted by Crippen LogP contribution is -2.48. The van der Waals surface area contributed by atoms with Gasteiger partial charge in [-0.2, -0.15) is 0 Å². The minimum absolute atomic E-state index is 0.0406. The summed E-state index contributed by atoms with van der Waals surface area (Å²) < 4.78 is 39.2. The van der Waals surface area contributed by atoms with Crippen LogP contribution >= 0.6 is 0 Å². The molecule has 1 saturated heterocycles. The predicted molar refractivity (Wildman–Crippen MR) is 106 cm³/mol. The summed E-state index contributed by atoms with van der Waals surface area (Å²) in [6, 6.07) is 4.75. The number of carbonyl (C=O) groups is 2. The molecule has 158 valence electrons. The van der Waals surface area contributed by atoms with Crippen LogP contribution in [0.3, 0.4) is 0 Å². The highest BCUT2D eigenvalue weighted by molar-refractivity contribution is 7.91. The molecule has 2 heterocycles. The highest BCUT2D eigenvalue weighted by atomic mass is 32.2. The molecule has 1 aromatic rings. The summed E-state index contributed by atoms with van der Waals surface area (Å²) >= 11 is 0. The molecule has 2 aliphatic rings. The molecule has 2 atom stereocenters. The average molecular weight is 423 g/mol. The maximum Gasteiger partial charge on any atom is 0.331 e. The standard InChI is InChI=1S/C20H25NO7S/c1-3-14(2)21(16-8-9-29(24,25)12-16)19(22)11-26-20(23)7-5-15-4-6-17-18(10-15)28-13-27-17/h4-7,10,14,16H,3,8-9,11-13H2,1-2H3/b7-5+. The van der Waals surface area contributed by atoms with Gasteiger partial charge in [-0.3, -0.25) is 4.79 Å². The molecule has 0 bridgehead atoms. The molecule has 8 nitrogen and oxygen atoms in total. The number of fused-ring (bicyclic) bond motifs is 1. The minimum Gasteiger partial charge on any atom is -0.454 e. The van der Waals surface area contributed by atoms with Crippen LogP contribution in [-0.2, 0) is 24.2 Å². The SMILES string of the molecule is CCC(C)N(C(=O)COC(=O)/C=C/c1ccc2c(c1)OCO2)C1CCS(=O)(=O)C1. The van der Waals surface area contributed by atoms with Crippen LogP contribution in [0.5, 0.6) is 11.5 Å². The van der Waals surface area contributed by atoms with Crippen molar-refractivity contribution in [3.05, 3.63) is 29.8 Å². The Hall–Kier alpha value is -2.55. The first kappa shape index (κ1) is 21.2. The fraction of sp³-hybridized carbons (Fsp3) is 0.500. The van der Waals surface area contributed by atoms with Crippen LogP contribution in [0.2, 0.25) is 0 Å². The summed E-state index contributed by atoms with van der Waals surface area (Å²) in [5.41, 5.74) is 0.731. The molecule has 0 radical (unpaired) electrons. The van der Waals surface area contributed by atoms with Crippen molar-refractivity contribution >= 4 is 27.8 Å². The second kappa shape index (κ2) is 8.86. The highest BCUT2D eigenvalue weighted by Gasteiger charge is 2.36. The topological polar surface area (TPSA) is 99.2 Å². The van der Waals surface area contributed by atoms with Crippen molar-refractivity contribution in [3.8, 4) is 11.5 Å². The van der Waals surface area contributed by atoms with E-state index in [0.29, 0.717) is 24.3 Å². The van der Waals surface area contributed by atoms with Crippen molar-refractivity contribution < 1.29 is 32.2 Å². The molecule has 0 N–H and O–H groups in total. The van der Waals surface area contributed by atoms with Gasteiger partial charge in [-0.05, 0) is 43.5 Å². The van der Waals surface area contributed by atoms with Gasteiger partial charge in [0, 0.05) is 18.2 Å². The Morgan fingerprint density at radius 2 is 2.07 bits per heavy atom. The number of rotatable bonds is 7. The Morgan fingerprint density at radius 3 is 2.76 bits per heavy atom. The zero-order valence-electron chi connectivity index (χ0n) is 16.5. The number of nitrogens with zero attached hydrogens (tertiary/aromatic N) is 1. The van der Waals surface area contributed by atoms with E-state index in [1.807, 2.05) is 13.8 Å². The highest BCUT2D eigenvalue weighted by Crippen LogP contribution is 2.32. The fourth-order valence-corrected chi connectivity index (χ4v) is 5.15. The molecule has 0 aromatic heterocycles. The molecule has 9 heteroatoms. The normalized spacial score (nSPS) is 20.6. The maximum atomic E-state index is 12.6. The zero-order chi connectivity index (χ0) is 21.0. The third kappa shape index (κ3) is 5.29. The van der Waals surface area contributed by atoms with E-state index in [9.17, 15) is 18.0 Å². The summed E-state index contributed by atoms with van der Waals surface area (Å²) in [4.78, 5) is 26.2. The van der Waals surface area contributed by atoms with Crippen molar-refractivity contribution in [3.63, 3.8) is 0 Å². The van der Waals surface area contributed by atoms with E-state index < -0.39 is 22.4 Å². The molecular weight excluding hydrogens is 398 g/mol. The van der Waals surface area contributed by atoms with Gasteiger partial charge < -0.3 is 19.1 Å². The van der Waals surface area contributed by atoms with E-state index >= 15 is 0 Å². The molecule has 3 rings (SSSR count). The Kier molecular flexibility index (Phi) is 6.46. The number of ether oxygens (including phenoxy) is 3. The smallest absolute Gasteiger partial charge is 0.331 e. The number of carbonyl (C=O) groups excluding carboxylic acids is 2. The minimum atomic E-state index is -3.12. The zero-order valence-corrected chi connectivity index (χ0v) is 17.3. The third-order valence-corrected chi connectivity index (χ3v) is 6.85. The summed E-state index contributed by atoms with van der Waals surface area (Å²) in [6.45, 7) is 3.53. The first-order chi connectivity index (χ1) is 13.8. The van der Waals surface area contributed by atoms with Crippen molar-refractivity contribution in [1.29, 1.82) is 0 Å². The van der Waals surface area contributed by atoms with Gasteiger partial charge in [-0.25, -0.2) is 13.2 Å². The molecule has 0 aliphatic carbocycles. The maximum absolute atomic E-state index is 12.6. The Balaban J connectivity index is 1.57. The fourth-order valence-electron chi connectivity index (χ4n) is 3.44. The van der Waals surface area contributed by atoms with Crippen LogP contribution in [0.4, 0.5) is 0 Å². The van der Waals surface area contributed by atoms with Crippen LogP contribution < -0.4 is 9.47 Å². The number of amides is 1. The van der Waals surface area contributed by atoms with E-state index in [-0.39, 0.29) is 36.3 Å². The first-order valence-corrected chi connectivity index (χ1v) is 11.4. The monoisotopic (exact) mass is 423 g/mol. The number of hydrogen-bond acceptors (Lipinski definition) is 7. The van der Waals surface area contributed by atoms with E-state index in [2.05, 4.69) is 0 Å². The predicted octanol–water partition coefficient (Wildman–Crippen LogP) is 1.79. The second-order valence-electron chi connectivity index (χ2n) is 7.17. The van der Waals surface area contributed by atoms with Crippen LogP contribution in [-0.4, -0.2) is 62.2 Å². The lowest BCUT2D eigenvalue weighted by Gasteiger charge is -2.33. The van der Waals surface area contributed by atoms with Crippen molar-refractivity contribution in [2.24, 2.45) is 0 Å². The Bertz CT molecular complexity index is 909. The lowest BCUT2D eigenvalue weighted by molar-refractivity contribution is -0.150. The van der Waals surface area contributed by atoms with Crippen molar-refractivity contribution in [1.82, 2.24) is 4.90 Å². The van der Waals surface area contributed by atoms with Crippen LogP contribution in [0, 0.1) is 0 Å². The van der Waals surface area contributed by atoms with E-state index in [1.165, 1.54) is 6.08 Å². The van der Waals surface area contributed by atoms with Gasteiger partial charge in [0.25, 0.3) is 5.91 Å². The molecule has 0 saturated carbocycles. The molecule has 1 amide bonds. The Labute approximate surface area is 170 Å². The van der Waals surface area contributed by atoms with Gasteiger partial charge in [0.1, 0.15) is 0 Å². The lowest BCUT2D eigenvalue weighted by atomic mass is 10.1. The quantitative estimate of drug-likeness (QED) is 0.487. The van der Waals surface area contributed by atoms with Gasteiger partial charge in [-0.15, -0.1) is 0 Å². The first-order valence-electron chi connectivity index (χ1n) is 9.55. The second-order valence-corrected chi connectivity index (χ2v) is 9.40. The summed E-state index contributed by atoms with van der Waals surface area (Å²) in [7, 11) is -3.12. The van der Waals surface area contributed by atoms with Gasteiger partial charge in [0.2, 0.25) is 6.79 Å². The molecule has 29 heavy (non-hydrogen) atoms. The summed E-state index contributed by atoms with van der Waals surface area (Å²) in [6.07, 6.45) is 3.89. The number of benzene rings is 1. The van der Waals surface area contributed by atoms with Gasteiger partial charge in [0.15, 0.2) is 27.9 Å². The number of sulfone groups is 1. The van der Waals surface area contributed by atoms with Crippen LogP contribution in [0.1, 0.15) is 32.3 Å². The molecule has 1 fully saturated rings. The van der Waals surface area contributed by atoms with E-state index in [0.717, 1.165) is 5.56 Å². The van der Waals surface area contributed by atoms with E-state index in [1.54, 1.807) is 29.2 Å². The van der Waals surface area contributed by atoms with Gasteiger partial charge >= 0.3 is 5.97 Å². The number of esters is 1. The van der Waals surface area contributed by atoms with Crippen molar-refractivity contribution in [2.45, 2.75) is 38.8 Å². The average Bonchev–Trinajstić information content (AvgIpc) is 3.30. The molecule has 2 aliphatic heterocycles. The Morgan fingerprint density at radius 1 is 1.31 bits per heavy atom. The summed E-state index contributed by atoms with van der Waals surface area (Å²) in [5, 5.41) is 0. The van der Waals surface area contributed by atoms with Crippen LogP contribution in [0.15, 0.2) is 24.3 Å². The molecular formula is C20H25NO7S. The largest absolute Gasteiger partial charge is 0.454 e. The third-order valence-electron chi connectivity index (χ3n) is 5.10. The van der Waals surface area contributed by atoms with Gasteiger partial charge in [0.05, 0.1) is 11.5 Å². The van der Waals surface area contributed by atoms with E-state index in [4.69, 9.17) is 14.2 Å². The number of hydrogen-bond donors (Lipinski definition) is 0. The summed E-state index contributed by atoms with van der Waals surface area (Å²) in [5.74, 6) is 0.253. The molecule has 2 unspecified atom stereocenters. The molecule has 1 aromatic carbocycles. The van der Waals surface area contributed by atoms with Crippen LogP contribution in [0.25, 0.3) is 6.08 Å².